The summed E-state index contributed by atoms with van der Waals surface area (Å²) in [4.78, 5) is 18.3. The summed E-state index contributed by atoms with van der Waals surface area (Å²) in [5, 5.41) is 9.94. The molecule has 10 aromatic rings. The lowest BCUT2D eigenvalue weighted by Gasteiger charge is -2.27. The van der Waals surface area contributed by atoms with Crippen molar-refractivity contribution in [2.24, 2.45) is 5.73 Å². The van der Waals surface area contributed by atoms with Gasteiger partial charge in [0, 0.05) is 117 Å². The molecule has 14 heteroatoms. The summed E-state index contributed by atoms with van der Waals surface area (Å²) in [6.07, 6.45) is 1.91. The SMILES string of the molecule is Fc1ccc2[nH]c3c(OCCN4CCNCC4)c4[nH]c5ccc(F)cc5c4cc3c2c1.NC1CCN(CCCOc2c3[nH]c4ccc(F)cc4c3cc3c2[nH]c2ccc(F)cc23)C1. The van der Waals surface area contributed by atoms with E-state index in [0.29, 0.717) is 24.7 Å². The highest BCUT2D eigenvalue weighted by Gasteiger charge is 2.22. The number of nitrogens with zero attached hydrogens (tertiary/aromatic N) is 2. The van der Waals surface area contributed by atoms with Gasteiger partial charge in [0.2, 0.25) is 0 Å². The van der Waals surface area contributed by atoms with E-state index in [0.717, 1.165) is 152 Å². The Balaban J connectivity index is 0.000000141. The molecule has 2 aliphatic rings. The van der Waals surface area contributed by atoms with Crippen LogP contribution in [-0.2, 0) is 0 Å². The fraction of sp³-hybridized carbons (Fsp3) is 0.265. The average molecular weight is 855 g/mol. The van der Waals surface area contributed by atoms with E-state index in [1.165, 1.54) is 48.5 Å². The van der Waals surface area contributed by atoms with Gasteiger partial charge in [0.1, 0.15) is 29.9 Å². The first-order chi connectivity index (χ1) is 30.7. The maximum absolute atomic E-state index is 14.0. The highest BCUT2D eigenvalue weighted by atomic mass is 19.1. The van der Waals surface area contributed by atoms with Crippen LogP contribution in [0.15, 0.2) is 84.9 Å². The first kappa shape index (κ1) is 39.5. The van der Waals surface area contributed by atoms with Gasteiger partial charge >= 0.3 is 0 Å². The van der Waals surface area contributed by atoms with Gasteiger partial charge in [-0.25, -0.2) is 17.6 Å². The number of aromatic amines is 4. The van der Waals surface area contributed by atoms with Crippen LogP contribution in [0.5, 0.6) is 11.5 Å². The number of rotatable bonds is 9. The first-order valence-corrected chi connectivity index (χ1v) is 21.6. The number of nitrogens with two attached hydrogens (primary N) is 1. The Morgan fingerprint density at radius 2 is 0.905 bits per heavy atom. The van der Waals surface area contributed by atoms with E-state index in [2.05, 4.69) is 35.1 Å². The monoisotopic (exact) mass is 854 g/mol. The molecule has 2 fully saturated rings. The van der Waals surface area contributed by atoms with Gasteiger partial charge in [-0.05, 0) is 104 Å². The Labute approximate surface area is 358 Å². The van der Waals surface area contributed by atoms with Gasteiger partial charge in [0.05, 0.1) is 28.7 Å². The van der Waals surface area contributed by atoms with E-state index in [1.54, 1.807) is 24.3 Å². The molecule has 4 aromatic heterocycles. The lowest BCUT2D eigenvalue weighted by atomic mass is 10.1. The van der Waals surface area contributed by atoms with E-state index in [4.69, 9.17) is 15.2 Å². The molecule has 2 saturated heterocycles. The normalized spacial score (nSPS) is 16.5. The minimum Gasteiger partial charge on any atom is -0.489 e. The summed E-state index contributed by atoms with van der Waals surface area (Å²) in [7, 11) is 0. The zero-order valence-corrected chi connectivity index (χ0v) is 34.4. The van der Waals surface area contributed by atoms with Crippen molar-refractivity contribution >= 4 is 87.2 Å². The second kappa shape index (κ2) is 16.1. The molecular formula is C49H46F4N8O2. The van der Waals surface area contributed by atoms with E-state index in [9.17, 15) is 17.6 Å². The van der Waals surface area contributed by atoms with Crippen LogP contribution in [0.1, 0.15) is 12.8 Å². The Morgan fingerprint density at radius 1 is 0.492 bits per heavy atom. The van der Waals surface area contributed by atoms with Crippen LogP contribution >= 0.6 is 0 Å². The van der Waals surface area contributed by atoms with Crippen molar-refractivity contribution in [3.8, 4) is 11.5 Å². The molecule has 10 nitrogen and oxygen atoms in total. The molecule has 2 aliphatic heterocycles. The summed E-state index contributed by atoms with van der Waals surface area (Å²) >= 11 is 0. The number of aromatic nitrogens is 4. The molecule has 0 saturated carbocycles. The molecule has 6 heterocycles. The van der Waals surface area contributed by atoms with Crippen molar-refractivity contribution in [1.29, 1.82) is 0 Å². The van der Waals surface area contributed by atoms with Crippen LogP contribution in [0.25, 0.3) is 87.2 Å². The number of H-pyrrole nitrogens is 4. The number of halogens is 4. The summed E-state index contributed by atoms with van der Waals surface area (Å²) in [5.41, 5.74) is 12.6. The highest BCUT2D eigenvalue weighted by Crippen LogP contribution is 2.43. The molecule has 6 aromatic carbocycles. The molecular weight excluding hydrogens is 809 g/mol. The van der Waals surface area contributed by atoms with Crippen LogP contribution in [0.2, 0.25) is 0 Å². The van der Waals surface area contributed by atoms with Crippen molar-refractivity contribution in [2.75, 3.05) is 65.6 Å². The Kier molecular flexibility index (Phi) is 10.1. The van der Waals surface area contributed by atoms with E-state index in [-0.39, 0.29) is 29.3 Å². The molecule has 12 rings (SSSR count). The minimum absolute atomic E-state index is 0.266. The Hall–Kier alpha value is -6.32. The van der Waals surface area contributed by atoms with Gasteiger partial charge in [0.15, 0.2) is 11.5 Å². The smallest absolute Gasteiger partial charge is 0.167 e. The molecule has 7 N–H and O–H groups in total. The van der Waals surface area contributed by atoms with Crippen LogP contribution < -0.4 is 20.5 Å². The van der Waals surface area contributed by atoms with Gasteiger partial charge in [-0.3, -0.25) is 4.90 Å². The molecule has 0 amide bonds. The zero-order chi connectivity index (χ0) is 42.8. The minimum atomic E-state index is -0.297. The number of piperazine rings is 1. The van der Waals surface area contributed by atoms with Gasteiger partial charge in [-0.15, -0.1) is 0 Å². The molecule has 1 unspecified atom stereocenters. The fourth-order valence-electron chi connectivity index (χ4n) is 9.62. The molecule has 0 spiro atoms. The first-order valence-electron chi connectivity index (χ1n) is 21.6. The number of fused-ring (bicyclic) bond motifs is 12. The van der Waals surface area contributed by atoms with Gasteiger partial charge in [-0.2, -0.15) is 0 Å². The van der Waals surface area contributed by atoms with E-state index in [1.807, 2.05) is 12.1 Å². The molecule has 0 aliphatic carbocycles. The van der Waals surface area contributed by atoms with Crippen LogP contribution in [0, 0.1) is 23.3 Å². The van der Waals surface area contributed by atoms with E-state index < -0.39 is 0 Å². The lowest BCUT2D eigenvalue weighted by molar-refractivity contribution is 0.193. The highest BCUT2D eigenvalue weighted by molar-refractivity contribution is 6.22. The number of hydrogen-bond acceptors (Lipinski definition) is 6. The fourth-order valence-corrected chi connectivity index (χ4v) is 9.62. The topological polar surface area (TPSA) is 126 Å². The van der Waals surface area contributed by atoms with Crippen molar-refractivity contribution < 1.29 is 27.0 Å². The lowest BCUT2D eigenvalue weighted by Crippen LogP contribution is -2.44. The zero-order valence-electron chi connectivity index (χ0n) is 34.4. The molecule has 63 heavy (non-hydrogen) atoms. The third-order valence-corrected chi connectivity index (χ3v) is 12.7. The van der Waals surface area contributed by atoms with Gasteiger partial charge < -0.3 is 45.4 Å². The Morgan fingerprint density at radius 3 is 1.30 bits per heavy atom. The largest absolute Gasteiger partial charge is 0.489 e. The molecule has 1 atom stereocenters. The van der Waals surface area contributed by atoms with Crippen LogP contribution in [0.4, 0.5) is 17.6 Å². The Bertz CT molecular complexity index is 3160. The van der Waals surface area contributed by atoms with Gasteiger partial charge in [-0.1, -0.05) is 0 Å². The predicted molar refractivity (Wildman–Crippen MR) is 244 cm³/mol. The summed E-state index contributed by atoms with van der Waals surface area (Å²) in [6, 6.07) is 23.1. The van der Waals surface area contributed by atoms with Gasteiger partial charge in [0.25, 0.3) is 0 Å². The maximum atomic E-state index is 14.0. The van der Waals surface area contributed by atoms with Crippen molar-refractivity contribution in [3.63, 3.8) is 0 Å². The van der Waals surface area contributed by atoms with Crippen molar-refractivity contribution in [2.45, 2.75) is 18.9 Å². The summed E-state index contributed by atoms with van der Waals surface area (Å²) in [6.45, 7) is 8.76. The number of hydrogen-bond donors (Lipinski definition) is 6. The summed E-state index contributed by atoms with van der Waals surface area (Å²) in [5.74, 6) is 0.198. The average Bonchev–Trinajstić information content (AvgIpc) is 4.11. The van der Waals surface area contributed by atoms with Crippen molar-refractivity contribution in [3.05, 3.63) is 108 Å². The second-order valence-corrected chi connectivity index (χ2v) is 16.9. The molecule has 0 radical (unpaired) electrons. The van der Waals surface area contributed by atoms with Crippen LogP contribution in [-0.4, -0.2) is 101 Å². The van der Waals surface area contributed by atoms with Crippen molar-refractivity contribution in [1.82, 2.24) is 35.1 Å². The standard InChI is InChI=1S/C25H24F2N4O.C24H22F2N4O/c26-14-2-4-21-17(10-14)19-12-20-18-11-15(27)3-5-22(18)30-24(20)25(23(19)29-21)32-9-1-7-31-8-6-16(28)13-31;25-14-1-3-20-16(11-14)18-13-19-17-12-15(26)2-4-21(17)29-23(19)24(22(18)28-20)31-10-9-30-7-5-27-6-8-30/h2-5,10-12,16,29-30H,1,6-9,13,28H2;1-4,11-13,27-29H,5-10H2. The number of ether oxygens (including phenoxy) is 2. The number of nitrogens with one attached hydrogen (secondary N) is 5. The maximum Gasteiger partial charge on any atom is 0.167 e. The van der Waals surface area contributed by atoms with Crippen LogP contribution in [0.3, 0.4) is 0 Å². The van der Waals surface area contributed by atoms with E-state index >= 15 is 0 Å². The number of benzene rings is 6. The number of likely N-dealkylation sites (tertiary alicyclic amines) is 1. The third kappa shape index (κ3) is 7.36. The second-order valence-electron chi connectivity index (χ2n) is 16.9. The third-order valence-electron chi connectivity index (χ3n) is 12.7. The quantitative estimate of drug-likeness (QED) is 0.0635. The predicted octanol–water partition coefficient (Wildman–Crippen LogP) is 9.55. The summed E-state index contributed by atoms with van der Waals surface area (Å²) < 4.78 is 68.7. The molecule has 0 bridgehead atoms. The molecule has 322 valence electrons.